The monoisotopic (exact) mass is 395 g/mol. The second kappa shape index (κ2) is 8.97. The third-order valence-electron chi connectivity index (χ3n) is 4.58. The number of benzene rings is 3. The lowest BCUT2D eigenvalue weighted by atomic mass is 10.1. The Bertz CT molecular complexity index is 1190. The van der Waals surface area contributed by atoms with Gasteiger partial charge in [0, 0.05) is 0 Å². The van der Waals surface area contributed by atoms with Gasteiger partial charge in [-0.2, -0.15) is 5.26 Å². The number of fused-ring (bicyclic) bond motifs is 1. The van der Waals surface area contributed by atoms with Crippen LogP contribution in [0.1, 0.15) is 23.9 Å². The van der Waals surface area contributed by atoms with Gasteiger partial charge in [-0.1, -0.05) is 48.5 Å². The molecule has 0 radical (unpaired) electrons. The van der Waals surface area contributed by atoms with E-state index in [1.54, 1.807) is 6.08 Å². The molecule has 0 bridgehead atoms. The normalized spacial score (nSPS) is 11.3. The smallest absolute Gasteiger partial charge is 0.161 e. The molecule has 0 aliphatic heterocycles. The molecule has 1 heterocycles. The van der Waals surface area contributed by atoms with Gasteiger partial charge in [-0.3, -0.25) is 0 Å². The Morgan fingerprint density at radius 3 is 2.57 bits per heavy atom. The summed E-state index contributed by atoms with van der Waals surface area (Å²) in [5.74, 6) is 1.85. The number of hydrogen-bond donors (Lipinski definition) is 1. The Kier molecular flexibility index (Phi) is 5.77. The summed E-state index contributed by atoms with van der Waals surface area (Å²) in [5.41, 5.74) is 4.09. The number of nitrogens with one attached hydrogen (secondary N) is 1. The van der Waals surface area contributed by atoms with E-state index in [2.05, 4.69) is 16.0 Å². The van der Waals surface area contributed by atoms with Crippen molar-refractivity contribution in [1.29, 1.82) is 5.26 Å². The zero-order valence-electron chi connectivity index (χ0n) is 16.6. The molecule has 4 aromatic rings. The molecule has 0 aliphatic rings. The summed E-state index contributed by atoms with van der Waals surface area (Å²) in [5, 5.41) is 9.67. The SMILES string of the molecule is CCOc1cc(/C=C(/C#N)c2nc3ccccc3[nH]2)ccc1OCc1ccccc1. The van der Waals surface area contributed by atoms with Crippen LogP contribution in [0, 0.1) is 11.3 Å². The Hall–Kier alpha value is -4.04. The number of rotatable bonds is 7. The number of ether oxygens (including phenoxy) is 2. The number of H-pyrrole nitrogens is 1. The van der Waals surface area contributed by atoms with E-state index in [-0.39, 0.29) is 0 Å². The second-order valence-electron chi connectivity index (χ2n) is 6.69. The van der Waals surface area contributed by atoms with Crippen LogP contribution in [-0.4, -0.2) is 16.6 Å². The predicted molar refractivity (Wildman–Crippen MR) is 118 cm³/mol. The average molecular weight is 395 g/mol. The first-order valence-electron chi connectivity index (χ1n) is 9.77. The van der Waals surface area contributed by atoms with E-state index in [0.29, 0.717) is 36.1 Å². The number of allylic oxidation sites excluding steroid dienone is 1. The fraction of sp³-hybridized carbons (Fsp3) is 0.120. The van der Waals surface area contributed by atoms with E-state index in [4.69, 9.17) is 9.47 Å². The largest absolute Gasteiger partial charge is 0.490 e. The van der Waals surface area contributed by atoms with Crippen LogP contribution >= 0.6 is 0 Å². The van der Waals surface area contributed by atoms with Gasteiger partial charge in [-0.25, -0.2) is 4.98 Å². The van der Waals surface area contributed by atoms with Crippen LogP contribution in [-0.2, 0) is 6.61 Å². The summed E-state index contributed by atoms with van der Waals surface area (Å²) in [4.78, 5) is 7.72. The summed E-state index contributed by atoms with van der Waals surface area (Å²) in [6, 6.07) is 25.6. The predicted octanol–water partition coefficient (Wildman–Crippen LogP) is 5.60. The maximum Gasteiger partial charge on any atom is 0.161 e. The van der Waals surface area contributed by atoms with Crippen LogP contribution < -0.4 is 9.47 Å². The minimum Gasteiger partial charge on any atom is -0.490 e. The van der Waals surface area contributed by atoms with Crippen molar-refractivity contribution in [1.82, 2.24) is 9.97 Å². The van der Waals surface area contributed by atoms with E-state index in [0.717, 1.165) is 22.2 Å². The van der Waals surface area contributed by atoms with E-state index < -0.39 is 0 Å². The number of imidazole rings is 1. The summed E-state index contributed by atoms with van der Waals surface area (Å²) >= 11 is 0. The summed E-state index contributed by atoms with van der Waals surface area (Å²) in [7, 11) is 0. The fourth-order valence-electron chi connectivity index (χ4n) is 3.14. The average Bonchev–Trinajstić information content (AvgIpc) is 3.22. The van der Waals surface area contributed by atoms with Crippen molar-refractivity contribution in [2.75, 3.05) is 6.61 Å². The molecule has 4 rings (SSSR count). The van der Waals surface area contributed by atoms with Crippen molar-refractivity contribution in [2.24, 2.45) is 0 Å². The molecule has 148 valence electrons. The lowest BCUT2D eigenvalue weighted by Crippen LogP contribution is -2.00. The number of nitriles is 1. The minimum absolute atomic E-state index is 0.451. The van der Waals surface area contributed by atoms with Gasteiger partial charge in [0.05, 0.1) is 23.2 Å². The molecular weight excluding hydrogens is 374 g/mol. The molecule has 0 unspecified atom stereocenters. The maximum atomic E-state index is 9.67. The molecule has 0 fully saturated rings. The van der Waals surface area contributed by atoms with Crippen LogP contribution in [0.2, 0.25) is 0 Å². The first kappa shape index (κ1) is 19.3. The molecule has 0 saturated heterocycles. The number of para-hydroxylation sites is 2. The zero-order chi connectivity index (χ0) is 20.8. The van der Waals surface area contributed by atoms with Gasteiger partial charge in [0.1, 0.15) is 18.5 Å². The molecule has 1 N–H and O–H groups in total. The topological polar surface area (TPSA) is 70.9 Å². The number of hydrogen-bond acceptors (Lipinski definition) is 4. The van der Waals surface area contributed by atoms with Crippen molar-refractivity contribution in [3.8, 4) is 17.6 Å². The van der Waals surface area contributed by atoms with Crippen molar-refractivity contribution in [3.05, 3.63) is 89.7 Å². The van der Waals surface area contributed by atoms with Gasteiger partial charge >= 0.3 is 0 Å². The van der Waals surface area contributed by atoms with Gasteiger partial charge < -0.3 is 14.5 Å². The second-order valence-corrected chi connectivity index (χ2v) is 6.69. The molecule has 0 amide bonds. The Morgan fingerprint density at radius 2 is 1.80 bits per heavy atom. The van der Waals surface area contributed by atoms with Crippen molar-refractivity contribution < 1.29 is 9.47 Å². The standard InChI is InChI=1S/C25H21N3O2/c1-2-29-24-15-19(12-13-23(24)30-17-18-8-4-3-5-9-18)14-20(16-26)25-27-21-10-6-7-11-22(21)28-25/h3-15H,2,17H2,1H3,(H,27,28)/b20-14-. The highest BCUT2D eigenvalue weighted by Gasteiger charge is 2.10. The molecule has 0 spiro atoms. The van der Waals surface area contributed by atoms with Gasteiger partial charge in [0.2, 0.25) is 0 Å². The first-order chi connectivity index (χ1) is 14.8. The Morgan fingerprint density at radius 1 is 1.00 bits per heavy atom. The fourth-order valence-corrected chi connectivity index (χ4v) is 3.14. The third-order valence-corrected chi connectivity index (χ3v) is 4.58. The van der Waals surface area contributed by atoms with Gasteiger partial charge in [-0.05, 0) is 48.4 Å². The first-order valence-corrected chi connectivity index (χ1v) is 9.77. The van der Waals surface area contributed by atoms with Crippen LogP contribution in [0.5, 0.6) is 11.5 Å². The molecule has 0 aliphatic carbocycles. The highest BCUT2D eigenvalue weighted by Crippen LogP contribution is 2.31. The highest BCUT2D eigenvalue weighted by atomic mass is 16.5. The lowest BCUT2D eigenvalue weighted by molar-refractivity contribution is 0.269. The van der Waals surface area contributed by atoms with Gasteiger partial charge in [0.15, 0.2) is 11.5 Å². The van der Waals surface area contributed by atoms with Gasteiger partial charge in [0.25, 0.3) is 0 Å². The molecule has 1 aromatic heterocycles. The maximum absolute atomic E-state index is 9.67. The molecule has 0 saturated carbocycles. The third kappa shape index (κ3) is 4.34. The van der Waals surface area contributed by atoms with Crippen molar-refractivity contribution >= 4 is 22.7 Å². The molecule has 5 nitrogen and oxygen atoms in total. The minimum atomic E-state index is 0.451. The Labute approximate surface area is 175 Å². The van der Waals surface area contributed by atoms with E-state index >= 15 is 0 Å². The van der Waals surface area contributed by atoms with Crippen LogP contribution in [0.4, 0.5) is 0 Å². The van der Waals surface area contributed by atoms with Crippen LogP contribution in [0.25, 0.3) is 22.7 Å². The summed E-state index contributed by atoms with van der Waals surface area (Å²) < 4.78 is 11.7. The lowest BCUT2D eigenvalue weighted by Gasteiger charge is -2.13. The van der Waals surface area contributed by atoms with Crippen molar-refractivity contribution in [2.45, 2.75) is 13.5 Å². The Balaban J connectivity index is 1.61. The van der Waals surface area contributed by atoms with E-state index in [1.807, 2.05) is 79.7 Å². The number of nitrogens with zero attached hydrogens (tertiary/aromatic N) is 2. The molecular formula is C25H21N3O2. The number of aromatic amines is 1. The molecule has 0 atom stereocenters. The number of aromatic nitrogens is 2. The van der Waals surface area contributed by atoms with Gasteiger partial charge in [-0.15, -0.1) is 0 Å². The zero-order valence-corrected chi connectivity index (χ0v) is 16.6. The van der Waals surface area contributed by atoms with Crippen LogP contribution in [0.3, 0.4) is 0 Å². The summed E-state index contributed by atoms with van der Waals surface area (Å²) in [6.07, 6.45) is 1.79. The molecule has 5 heteroatoms. The highest BCUT2D eigenvalue weighted by molar-refractivity contribution is 5.90. The molecule has 30 heavy (non-hydrogen) atoms. The van der Waals surface area contributed by atoms with Crippen LogP contribution in [0.15, 0.2) is 72.8 Å². The quantitative estimate of drug-likeness (QED) is 0.413. The van der Waals surface area contributed by atoms with E-state index in [9.17, 15) is 5.26 Å². The molecule has 3 aromatic carbocycles. The van der Waals surface area contributed by atoms with E-state index in [1.165, 1.54) is 0 Å². The summed E-state index contributed by atoms with van der Waals surface area (Å²) in [6.45, 7) is 2.90. The van der Waals surface area contributed by atoms with Crippen molar-refractivity contribution in [3.63, 3.8) is 0 Å².